The zero-order valence-corrected chi connectivity index (χ0v) is 18.2. The second-order valence-corrected chi connectivity index (χ2v) is 9.06. The number of amides is 1. The van der Waals surface area contributed by atoms with Gasteiger partial charge >= 0.3 is 0 Å². The molecule has 8 heteroatoms. The Balaban J connectivity index is 1.19. The van der Waals surface area contributed by atoms with Crippen LogP contribution >= 0.6 is 23.1 Å². The summed E-state index contributed by atoms with van der Waals surface area (Å²) in [6.07, 6.45) is 5.26. The normalized spacial score (nSPS) is 18.3. The summed E-state index contributed by atoms with van der Waals surface area (Å²) in [7, 11) is 0. The first-order valence-electron chi connectivity index (χ1n) is 10.5. The number of piperazine rings is 1. The minimum absolute atomic E-state index is 0.253. The first-order chi connectivity index (χ1) is 14.2. The van der Waals surface area contributed by atoms with Crippen LogP contribution < -0.4 is 10.2 Å². The van der Waals surface area contributed by atoms with Crippen LogP contribution in [-0.2, 0) is 11.2 Å². The SMILES string of the molecule is O=C(NCCN1CCN(c2nc(Cc3ccc(Cl)cc3)ns2)CC1)C1CCCC1. The van der Waals surface area contributed by atoms with Crippen molar-refractivity contribution in [3.05, 3.63) is 40.7 Å². The quantitative estimate of drug-likeness (QED) is 0.726. The van der Waals surface area contributed by atoms with Crippen molar-refractivity contribution >= 4 is 34.2 Å². The van der Waals surface area contributed by atoms with E-state index in [1.165, 1.54) is 29.9 Å². The summed E-state index contributed by atoms with van der Waals surface area (Å²) in [5.74, 6) is 1.37. The van der Waals surface area contributed by atoms with Crippen molar-refractivity contribution in [3.8, 4) is 0 Å². The minimum atomic E-state index is 0.253. The van der Waals surface area contributed by atoms with Crippen molar-refractivity contribution in [2.75, 3.05) is 44.2 Å². The highest BCUT2D eigenvalue weighted by molar-refractivity contribution is 7.09. The average Bonchev–Trinajstić information content (AvgIpc) is 3.43. The van der Waals surface area contributed by atoms with Crippen LogP contribution in [-0.4, -0.2) is 59.4 Å². The van der Waals surface area contributed by atoms with E-state index in [1.807, 2.05) is 24.3 Å². The van der Waals surface area contributed by atoms with Crippen molar-refractivity contribution < 1.29 is 4.79 Å². The van der Waals surface area contributed by atoms with Crippen LogP contribution in [0.5, 0.6) is 0 Å². The van der Waals surface area contributed by atoms with Gasteiger partial charge in [-0.3, -0.25) is 9.69 Å². The van der Waals surface area contributed by atoms with Gasteiger partial charge in [0.05, 0.1) is 0 Å². The summed E-state index contributed by atoms with van der Waals surface area (Å²) in [6, 6.07) is 7.85. The molecule has 0 bridgehead atoms. The number of rotatable bonds is 7. The summed E-state index contributed by atoms with van der Waals surface area (Å²) < 4.78 is 4.53. The van der Waals surface area contributed by atoms with Crippen LogP contribution in [0.15, 0.2) is 24.3 Å². The smallest absolute Gasteiger partial charge is 0.223 e. The number of nitrogens with zero attached hydrogens (tertiary/aromatic N) is 4. The summed E-state index contributed by atoms with van der Waals surface area (Å²) >= 11 is 7.43. The number of carbonyl (C=O) groups excluding carboxylic acids is 1. The molecule has 4 rings (SSSR count). The van der Waals surface area contributed by atoms with E-state index in [1.54, 1.807) is 0 Å². The number of hydrogen-bond acceptors (Lipinski definition) is 6. The molecule has 0 atom stereocenters. The van der Waals surface area contributed by atoms with Crippen molar-refractivity contribution in [2.45, 2.75) is 32.1 Å². The van der Waals surface area contributed by atoms with Gasteiger partial charge in [0.1, 0.15) is 5.82 Å². The fourth-order valence-electron chi connectivity index (χ4n) is 4.06. The van der Waals surface area contributed by atoms with Gasteiger partial charge in [0, 0.05) is 68.2 Å². The Kier molecular flexibility index (Phi) is 7.00. The molecule has 2 heterocycles. The van der Waals surface area contributed by atoms with E-state index in [-0.39, 0.29) is 11.8 Å². The summed E-state index contributed by atoms with van der Waals surface area (Å²) in [5, 5.41) is 4.87. The van der Waals surface area contributed by atoms with Gasteiger partial charge in [-0.1, -0.05) is 36.6 Å². The van der Waals surface area contributed by atoms with Crippen molar-refractivity contribution in [3.63, 3.8) is 0 Å². The van der Waals surface area contributed by atoms with E-state index in [2.05, 4.69) is 19.5 Å². The van der Waals surface area contributed by atoms with Gasteiger partial charge in [0.2, 0.25) is 11.0 Å². The molecule has 0 radical (unpaired) electrons. The average molecular weight is 434 g/mol. The number of aromatic nitrogens is 2. The topological polar surface area (TPSA) is 61.4 Å². The first kappa shape index (κ1) is 20.6. The van der Waals surface area contributed by atoms with E-state index in [4.69, 9.17) is 16.6 Å². The summed E-state index contributed by atoms with van der Waals surface area (Å²) in [6.45, 7) is 5.55. The lowest BCUT2D eigenvalue weighted by Gasteiger charge is -2.34. The van der Waals surface area contributed by atoms with Crippen molar-refractivity contribution in [1.82, 2.24) is 19.6 Å². The lowest BCUT2D eigenvalue weighted by molar-refractivity contribution is -0.124. The monoisotopic (exact) mass is 433 g/mol. The van der Waals surface area contributed by atoms with Gasteiger partial charge in [-0.05, 0) is 30.5 Å². The predicted molar refractivity (Wildman–Crippen MR) is 118 cm³/mol. The highest BCUT2D eigenvalue weighted by Gasteiger charge is 2.23. The Morgan fingerprint density at radius 3 is 2.59 bits per heavy atom. The van der Waals surface area contributed by atoms with Gasteiger partial charge in [-0.2, -0.15) is 4.37 Å². The van der Waals surface area contributed by atoms with Crippen molar-refractivity contribution in [2.24, 2.45) is 5.92 Å². The molecule has 1 saturated heterocycles. The van der Waals surface area contributed by atoms with E-state index in [9.17, 15) is 4.79 Å². The fraction of sp³-hybridized carbons (Fsp3) is 0.571. The molecule has 1 aliphatic carbocycles. The largest absolute Gasteiger partial charge is 0.355 e. The van der Waals surface area contributed by atoms with Crippen LogP contribution in [0.4, 0.5) is 5.13 Å². The molecule has 1 aromatic carbocycles. The molecule has 1 aromatic heterocycles. The maximum atomic E-state index is 12.1. The van der Waals surface area contributed by atoms with Crippen LogP contribution in [0.25, 0.3) is 0 Å². The maximum Gasteiger partial charge on any atom is 0.223 e. The molecule has 1 aliphatic heterocycles. The molecular weight excluding hydrogens is 406 g/mol. The Morgan fingerprint density at radius 1 is 1.14 bits per heavy atom. The van der Waals surface area contributed by atoms with Gasteiger partial charge in [0.15, 0.2) is 0 Å². The van der Waals surface area contributed by atoms with Crippen molar-refractivity contribution in [1.29, 1.82) is 0 Å². The molecule has 156 valence electrons. The Bertz CT molecular complexity index is 798. The lowest BCUT2D eigenvalue weighted by atomic mass is 10.1. The minimum Gasteiger partial charge on any atom is -0.355 e. The van der Waals surface area contributed by atoms with E-state index < -0.39 is 0 Å². The fourth-order valence-corrected chi connectivity index (χ4v) is 4.92. The number of halogens is 1. The summed E-state index contributed by atoms with van der Waals surface area (Å²) in [4.78, 5) is 21.6. The summed E-state index contributed by atoms with van der Waals surface area (Å²) in [5.41, 5.74) is 1.17. The number of hydrogen-bond donors (Lipinski definition) is 1. The van der Waals surface area contributed by atoms with E-state index >= 15 is 0 Å². The molecule has 2 aromatic rings. The van der Waals surface area contributed by atoms with Crippen LogP contribution in [0.1, 0.15) is 37.1 Å². The molecular formula is C21H28ClN5OS. The second kappa shape index (κ2) is 9.87. The van der Waals surface area contributed by atoms with Gasteiger partial charge in [-0.25, -0.2) is 4.98 Å². The van der Waals surface area contributed by atoms with Gasteiger partial charge in [-0.15, -0.1) is 0 Å². The molecule has 0 spiro atoms. The second-order valence-electron chi connectivity index (χ2n) is 7.90. The maximum absolute atomic E-state index is 12.1. The Labute approximate surface area is 181 Å². The molecule has 0 unspecified atom stereocenters. The predicted octanol–water partition coefficient (Wildman–Crippen LogP) is 3.21. The third-order valence-electron chi connectivity index (χ3n) is 5.83. The molecule has 1 saturated carbocycles. The van der Waals surface area contributed by atoms with Crippen LogP contribution in [0, 0.1) is 5.92 Å². The highest BCUT2D eigenvalue weighted by atomic mass is 35.5. The van der Waals surface area contributed by atoms with Gasteiger partial charge < -0.3 is 10.2 Å². The lowest BCUT2D eigenvalue weighted by Crippen LogP contribution is -2.48. The van der Waals surface area contributed by atoms with Crippen LogP contribution in [0.3, 0.4) is 0 Å². The molecule has 2 aliphatic rings. The molecule has 1 amide bonds. The van der Waals surface area contributed by atoms with E-state index in [0.29, 0.717) is 0 Å². The molecule has 1 N–H and O–H groups in total. The van der Waals surface area contributed by atoms with Gasteiger partial charge in [0.25, 0.3) is 0 Å². The standard InChI is InChI=1S/C21H28ClN5OS/c22-18-7-5-16(6-8-18)15-19-24-21(29-25-19)27-13-11-26(12-14-27)10-9-23-20(28)17-3-1-2-4-17/h5-8,17H,1-4,9-15H2,(H,23,28). The third kappa shape index (κ3) is 5.68. The highest BCUT2D eigenvalue weighted by Crippen LogP contribution is 2.24. The molecule has 6 nitrogen and oxygen atoms in total. The molecule has 29 heavy (non-hydrogen) atoms. The Hall–Kier alpha value is -1.70. The molecule has 2 fully saturated rings. The number of carbonyl (C=O) groups is 1. The number of anilines is 1. The third-order valence-corrected chi connectivity index (χ3v) is 6.90. The Morgan fingerprint density at radius 2 is 1.86 bits per heavy atom. The zero-order chi connectivity index (χ0) is 20.1. The van der Waals surface area contributed by atoms with E-state index in [0.717, 1.165) is 74.5 Å². The number of benzene rings is 1. The number of nitrogens with one attached hydrogen (secondary N) is 1. The zero-order valence-electron chi connectivity index (χ0n) is 16.6. The first-order valence-corrected chi connectivity index (χ1v) is 11.6. The van der Waals surface area contributed by atoms with Crippen LogP contribution in [0.2, 0.25) is 5.02 Å².